The number of nitrogens with zero attached hydrogens (tertiary/aromatic N) is 2. The highest BCUT2D eigenvalue weighted by molar-refractivity contribution is 7.18. The maximum atomic E-state index is 4.55. The zero-order valence-corrected chi connectivity index (χ0v) is 12.6. The zero-order chi connectivity index (χ0) is 13.4. The van der Waals surface area contributed by atoms with Gasteiger partial charge < -0.3 is 5.32 Å². The molecule has 0 aliphatic heterocycles. The molecular formula is C16H21N3S. The molecule has 4 rings (SSSR count). The Hall–Kier alpha value is -1.16. The summed E-state index contributed by atoms with van der Waals surface area (Å²) < 4.78 is 0. The summed E-state index contributed by atoms with van der Waals surface area (Å²) in [6.07, 6.45) is 13.5. The first kappa shape index (κ1) is 12.6. The van der Waals surface area contributed by atoms with Crippen LogP contribution in [0.15, 0.2) is 6.33 Å². The zero-order valence-electron chi connectivity index (χ0n) is 11.8. The van der Waals surface area contributed by atoms with Crippen molar-refractivity contribution in [3.63, 3.8) is 0 Å². The van der Waals surface area contributed by atoms with Crippen LogP contribution in [0.2, 0.25) is 0 Å². The van der Waals surface area contributed by atoms with Gasteiger partial charge in [0.2, 0.25) is 0 Å². The third-order valence-corrected chi connectivity index (χ3v) is 5.90. The van der Waals surface area contributed by atoms with Crippen molar-refractivity contribution in [1.29, 1.82) is 0 Å². The average Bonchev–Trinajstić information content (AvgIpc) is 2.72. The van der Waals surface area contributed by atoms with Crippen LogP contribution in [-0.2, 0) is 12.8 Å². The Balaban J connectivity index is 1.78. The van der Waals surface area contributed by atoms with Crippen molar-refractivity contribution < 1.29 is 0 Å². The Morgan fingerprint density at radius 1 is 1.00 bits per heavy atom. The number of hydrogen-bond donors (Lipinski definition) is 1. The highest BCUT2D eigenvalue weighted by Crippen LogP contribution is 2.38. The summed E-state index contributed by atoms with van der Waals surface area (Å²) in [7, 11) is 0. The molecule has 1 saturated carbocycles. The van der Waals surface area contributed by atoms with E-state index in [1.54, 1.807) is 16.8 Å². The lowest BCUT2D eigenvalue weighted by atomic mass is 9.93. The van der Waals surface area contributed by atoms with E-state index >= 15 is 0 Å². The summed E-state index contributed by atoms with van der Waals surface area (Å²) in [5, 5.41) is 4.98. The van der Waals surface area contributed by atoms with Crippen molar-refractivity contribution in [1.82, 2.24) is 9.97 Å². The lowest BCUT2D eigenvalue weighted by Crippen LogP contribution is -2.27. The maximum Gasteiger partial charge on any atom is 0.138 e. The van der Waals surface area contributed by atoms with Gasteiger partial charge in [-0.25, -0.2) is 9.97 Å². The van der Waals surface area contributed by atoms with Gasteiger partial charge in [-0.2, -0.15) is 0 Å². The number of aromatic nitrogens is 2. The topological polar surface area (TPSA) is 37.8 Å². The minimum Gasteiger partial charge on any atom is -0.367 e. The molecule has 2 heterocycles. The number of thiophene rings is 1. The molecule has 1 fully saturated rings. The highest BCUT2D eigenvalue weighted by Gasteiger charge is 2.22. The number of aryl methyl sites for hydroxylation is 2. The number of fused-ring (bicyclic) bond motifs is 3. The minimum absolute atomic E-state index is 0.636. The molecule has 0 saturated heterocycles. The standard InChI is InChI=1S/C16H21N3S/c1-2-4-9-13-12(8-3-1)14-15(19-11-6-5-7-11)17-10-18-16(14)20-13/h10-11H,1-9H2,(H,17,18,19). The van der Waals surface area contributed by atoms with Crippen LogP contribution in [0, 0.1) is 0 Å². The van der Waals surface area contributed by atoms with Gasteiger partial charge in [-0.15, -0.1) is 11.3 Å². The lowest BCUT2D eigenvalue weighted by molar-refractivity contribution is 0.445. The second-order valence-corrected chi connectivity index (χ2v) is 7.18. The van der Waals surface area contributed by atoms with Gasteiger partial charge in [0.15, 0.2) is 0 Å². The number of rotatable bonds is 2. The second-order valence-electron chi connectivity index (χ2n) is 6.09. The Morgan fingerprint density at radius 3 is 2.65 bits per heavy atom. The average molecular weight is 287 g/mol. The largest absolute Gasteiger partial charge is 0.367 e. The van der Waals surface area contributed by atoms with E-state index in [9.17, 15) is 0 Å². The highest BCUT2D eigenvalue weighted by atomic mass is 32.1. The predicted octanol–water partition coefficient (Wildman–Crippen LogP) is 4.31. The number of nitrogens with one attached hydrogen (secondary N) is 1. The summed E-state index contributed by atoms with van der Waals surface area (Å²) >= 11 is 1.90. The molecule has 4 heteroatoms. The van der Waals surface area contributed by atoms with E-state index in [0.29, 0.717) is 6.04 Å². The summed E-state index contributed by atoms with van der Waals surface area (Å²) in [6, 6.07) is 0.636. The van der Waals surface area contributed by atoms with Crippen molar-refractivity contribution in [2.45, 2.75) is 63.8 Å². The van der Waals surface area contributed by atoms with E-state index in [-0.39, 0.29) is 0 Å². The first-order valence-corrected chi connectivity index (χ1v) is 8.75. The Morgan fingerprint density at radius 2 is 1.85 bits per heavy atom. The lowest BCUT2D eigenvalue weighted by Gasteiger charge is -2.27. The monoisotopic (exact) mass is 287 g/mol. The van der Waals surface area contributed by atoms with Crippen LogP contribution in [0.3, 0.4) is 0 Å². The molecule has 2 aromatic heterocycles. The third-order valence-electron chi connectivity index (χ3n) is 4.70. The van der Waals surface area contributed by atoms with Gasteiger partial charge in [0, 0.05) is 10.9 Å². The Kier molecular flexibility index (Phi) is 3.34. The fourth-order valence-electron chi connectivity index (χ4n) is 3.30. The summed E-state index contributed by atoms with van der Waals surface area (Å²) in [5.74, 6) is 1.10. The smallest absolute Gasteiger partial charge is 0.138 e. The minimum atomic E-state index is 0.636. The van der Waals surface area contributed by atoms with E-state index in [1.165, 1.54) is 68.0 Å². The van der Waals surface area contributed by atoms with Gasteiger partial charge >= 0.3 is 0 Å². The summed E-state index contributed by atoms with van der Waals surface area (Å²) in [4.78, 5) is 11.8. The first-order chi connectivity index (χ1) is 9.92. The molecule has 0 unspecified atom stereocenters. The van der Waals surface area contributed by atoms with Crippen LogP contribution >= 0.6 is 11.3 Å². The number of anilines is 1. The van der Waals surface area contributed by atoms with Gasteiger partial charge in [-0.1, -0.05) is 12.8 Å². The fourth-order valence-corrected chi connectivity index (χ4v) is 4.53. The van der Waals surface area contributed by atoms with E-state index < -0.39 is 0 Å². The quantitative estimate of drug-likeness (QED) is 0.894. The predicted molar refractivity (Wildman–Crippen MR) is 84.6 cm³/mol. The molecule has 1 N–H and O–H groups in total. The summed E-state index contributed by atoms with van der Waals surface area (Å²) in [5.41, 5.74) is 1.55. The van der Waals surface area contributed by atoms with Gasteiger partial charge in [0.1, 0.15) is 17.0 Å². The molecule has 0 amide bonds. The molecule has 0 spiro atoms. The SMILES string of the molecule is c1nc(NC2CCC2)c2c3c(sc2n1)CCCCCC3. The van der Waals surface area contributed by atoms with Gasteiger partial charge in [0.05, 0.1) is 5.39 Å². The van der Waals surface area contributed by atoms with Crippen LogP contribution in [-0.4, -0.2) is 16.0 Å². The molecule has 2 aromatic rings. The van der Waals surface area contributed by atoms with Crippen LogP contribution in [0.1, 0.15) is 55.4 Å². The summed E-state index contributed by atoms with van der Waals surface area (Å²) in [6.45, 7) is 0. The Labute approximate surface area is 123 Å². The van der Waals surface area contributed by atoms with Crippen LogP contribution < -0.4 is 5.32 Å². The van der Waals surface area contributed by atoms with E-state index in [2.05, 4.69) is 15.3 Å². The molecule has 2 aliphatic carbocycles. The van der Waals surface area contributed by atoms with Crippen molar-refractivity contribution in [3.05, 3.63) is 16.8 Å². The molecule has 20 heavy (non-hydrogen) atoms. The molecular weight excluding hydrogens is 266 g/mol. The molecule has 0 atom stereocenters. The van der Waals surface area contributed by atoms with Crippen molar-refractivity contribution in [2.24, 2.45) is 0 Å². The van der Waals surface area contributed by atoms with E-state index in [4.69, 9.17) is 0 Å². The van der Waals surface area contributed by atoms with Crippen molar-refractivity contribution in [2.75, 3.05) is 5.32 Å². The fraction of sp³-hybridized carbons (Fsp3) is 0.625. The van der Waals surface area contributed by atoms with Gasteiger partial charge in [-0.3, -0.25) is 0 Å². The van der Waals surface area contributed by atoms with E-state index in [0.717, 1.165) is 5.82 Å². The maximum absolute atomic E-state index is 4.55. The molecule has 106 valence electrons. The van der Waals surface area contributed by atoms with Crippen LogP contribution in [0.5, 0.6) is 0 Å². The Bertz CT molecular complexity index is 615. The third kappa shape index (κ3) is 2.20. The van der Waals surface area contributed by atoms with E-state index in [1.807, 2.05) is 11.3 Å². The normalized spacial score (nSPS) is 20.0. The van der Waals surface area contributed by atoms with Crippen molar-refractivity contribution in [3.8, 4) is 0 Å². The van der Waals surface area contributed by atoms with Crippen LogP contribution in [0.25, 0.3) is 10.2 Å². The van der Waals surface area contributed by atoms with Gasteiger partial charge in [0.25, 0.3) is 0 Å². The second kappa shape index (κ2) is 5.32. The molecule has 3 nitrogen and oxygen atoms in total. The molecule has 0 bridgehead atoms. The first-order valence-electron chi connectivity index (χ1n) is 7.93. The molecule has 2 aliphatic rings. The number of hydrogen-bond acceptors (Lipinski definition) is 4. The van der Waals surface area contributed by atoms with Gasteiger partial charge in [-0.05, 0) is 50.5 Å². The van der Waals surface area contributed by atoms with Crippen molar-refractivity contribution >= 4 is 27.4 Å². The van der Waals surface area contributed by atoms with Crippen LogP contribution in [0.4, 0.5) is 5.82 Å². The molecule has 0 radical (unpaired) electrons. The molecule has 0 aromatic carbocycles.